The van der Waals surface area contributed by atoms with Gasteiger partial charge in [0.15, 0.2) is 17.5 Å². The standard InChI is InChI=1S/C27H32FN9O/c1-17-11-22(32-23-13-18(2)34-35-23)33-25(12-17)36-9-7-27(4,8-10-36)26(38)31-19(3)20-5-6-24(29-14-20)37-16-21(28)15-30-37/h5-6,11-16,19H,7-10H2,1-4H3,(H,31,38)(H2,32,33,34,35)/t19-/m0/s1. The average molecular weight is 518 g/mol. The Bertz CT molecular complexity index is 1420. The van der Waals surface area contributed by atoms with E-state index in [9.17, 15) is 9.18 Å². The highest BCUT2D eigenvalue weighted by atomic mass is 19.1. The highest BCUT2D eigenvalue weighted by Crippen LogP contribution is 2.34. The molecule has 1 fully saturated rings. The largest absolute Gasteiger partial charge is 0.356 e. The molecule has 1 atom stereocenters. The molecule has 3 N–H and O–H groups in total. The fourth-order valence-corrected chi connectivity index (χ4v) is 4.61. The van der Waals surface area contributed by atoms with Crippen molar-refractivity contribution in [2.75, 3.05) is 23.3 Å². The number of aromatic nitrogens is 6. The number of aryl methyl sites for hydroxylation is 2. The number of H-pyrrole nitrogens is 1. The number of nitrogens with one attached hydrogen (secondary N) is 3. The van der Waals surface area contributed by atoms with Gasteiger partial charge in [-0.15, -0.1) is 0 Å². The number of anilines is 3. The first-order valence-electron chi connectivity index (χ1n) is 12.7. The molecule has 4 aromatic heterocycles. The van der Waals surface area contributed by atoms with Crippen LogP contribution in [0.3, 0.4) is 0 Å². The molecule has 0 saturated carbocycles. The van der Waals surface area contributed by atoms with E-state index < -0.39 is 11.2 Å². The number of carbonyl (C=O) groups is 1. The Morgan fingerprint density at radius 1 is 1.11 bits per heavy atom. The highest BCUT2D eigenvalue weighted by molar-refractivity contribution is 5.83. The molecular formula is C27H32FN9O. The van der Waals surface area contributed by atoms with E-state index in [1.807, 2.05) is 45.9 Å². The maximum atomic E-state index is 13.3. The van der Waals surface area contributed by atoms with Gasteiger partial charge >= 0.3 is 0 Å². The molecule has 0 spiro atoms. The number of aromatic amines is 1. The van der Waals surface area contributed by atoms with Gasteiger partial charge in [0, 0.05) is 36.5 Å². The minimum Gasteiger partial charge on any atom is -0.356 e. The van der Waals surface area contributed by atoms with Crippen molar-refractivity contribution in [3.8, 4) is 5.82 Å². The van der Waals surface area contributed by atoms with Crippen LogP contribution in [0, 0.1) is 25.1 Å². The van der Waals surface area contributed by atoms with Gasteiger partial charge in [-0.25, -0.2) is 19.0 Å². The lowest BCUT2D eigenvalue weighted by molar-refractivity contribution is -0.132. The Balaban J connectivity index is 1.19. The van der Waals surface area contributed by atoms with Gasteiger partial charge in [-0.1, -0.05) is 13.0 Å². The van der Waals surface area contributed by atoms with Gasteiger partial charge in [0.05, 0.1) is 18.4 Å². The molecule has 1 amide bonds. The molecule has 198 valence electrons. The van der Waals surface area contributed by atoms with Crippen LogP contribution in [0.1, 0.15) is 49.6 Å². The van der Waals surface area contributed by atoms with Crippen molar-refractivity contribution in [3.63, 3.8) is 0 Å². The van der Waals surface area contributed by atoms with E-state index in [4.69, 9.17) is 4.98 Å². The lowest BCUT2D eigenvalue weighted by Gasteiger charge is -2.39. The number of hydrogen-bond donors (Lipinski definition) is 3. The van der Waals surface area contributed by atoms with Crippen LogP contribution in [0.15, 0.2) is 48.9 Å². The Morgan fingerprint density at radius 3 is 2.53 bits per heavy atom. The highest BCUT2D eigenvalue weighted by Gasteiger charge is 2.38. The molecule has 38 heavy (non-hydrogen) atoms. The van der Waals surface area contributed by atoms with Gasteiger partial charge in [-0.3, -0.25) is 9.89 Å². The normalized spacial score (nSPS) is 15.8. The molecule has 0 aromatic carbocycles. The van der Waals surface area contributed by atoms with Gasteiger partial charge in [-0.05, 0) is 62.9 Å². The second kappa shape index (κ2) is 10.2. The molecule has 0 radical (unpaired) electrons. The second-order valence-electron chi connectivity index (χ2n) is 10.2. The Kier molecular flexibility index (Phi) is 6.83. The molecule has 11 heteroatoms. The Morgan fingerprint density at radius 2 is 1.89 bits per heavy atom. The van der Waals surface area contributed by atoms with Crippen molar-refractivity contribution in [1.82, 2.24) is 35.3 Å². The number of pyridine rings is 2. The number of nitrogens with zero attached hydrogens (tertiary/aromatic N) is 6. The lowest BCUT2D eigenvalue weighted by Crippen LogP contribution is -2.48. The maximum absolute atomic E-state index is 13.3. The van der Waals surface area contributed by atoms with Crippen LogP contribution < -0.4 is 15.5 Å². The summed E-state index contributed by atoms with van der Waals surface area (Å²) < 4.78 is 14.6. The van der Waals surface area contributed by atoms with Gasteiger partial charge < -0.3 is 15.5 Å². The molecule has 1 aliphatic heterocycles. The van der Waals surface area contributed by atoms with Crippen molar-refractivity contribution < 1.29 is 9.18 Å². The third-order valence-corrected chi connectivity index (χ3v) is 7.06. The van der Waals surface area contributed by atoms with E-state index in [2.05, 4.69) is 41.9 Å². The van der Waals surface area contributed by atoms with Crippen molar-refractivity contribution >= 4 is 23.4 Å². The summed E-state index contributed by atoms with van der Waals surface area (Å²) in [4.78, 5) is 24.7. The van der Waals surface area contributed by atoms with E-state index in [1.165, 1.54) is 10.9 Å². The van der Waals surface area contributed by atoms with Crippen molar-refractivity contribution in [1.29, 1.82) is 0 Å². The summed E-state index contributed by atoms with van der Waals surface area (Å²) in [6, 6.07) is 9.41. The molecule has 5 rings (SSSR count). The van der Waals surface area contributed by atoms with E-state index in [-0.39, 0.29) is 11.9 Å². The average Bonchev–Trinajstić information content (AvgIpc) is 3.51. The molecule has 0 unspecified atom stereocenters. The first kappa shape index (κ1) is 25.4. The topological polar surface area (TPSA) is 117 Å². The summed E-state index contributed by atoms with van der Waals surface area (Å²) in [5.74, 6) is 2.47. The van der Waals surface area contributed by atoms with Crippen LogP contribution in [0.4, 0.5) is 21.8 Å². The molecule has 4 aromatic rings. The maximum Gasteiger partial charge on any atom is 0.226 e. The Hall–Kier alpha value is -4.28. The number of piperidine rings is 1. The number of carbonyl (C=O) groups excluding carboxylic acids is 1. The van der Waals surface area contributed by atoms with Gasteiger partial charge in [0.2, 0.25) is 5.91 Å². The number of halogens is 1. The van der Waals surface area contributed by atoms with Crippen LogP contribution in [0.2, 0.25) is 0 Å². The zero-order valence-corrected chi connectivity index (χ0v) is 22.0. The minimum atomic E-state index is -0.484. The van der Waals surface area contributed by atoms with Crippen molar-refractivity contribution in [2.24, 2.45) is 5.41 Å². The number of rotatable bonds is 7. The molecule has 0 aliphatic carbocycles. The third-order valence-electron chi connectivity index (χ3n) is 7.06. The first-order valence-corrected chi connectivity index (χ1v) is 12.7. The zero-order chi connectivity index (χ0) is 26.9. The monoisotopic (exact) mass is 517 g/mol. The van der Waals surface area contributed by atoms with Crippen molar-refractivity contribution in [2.45, 2.75) is 46.6 Å². The van der Waals surface area contributed by atoms with Gasteiger partial charge in [0.1, 0.15) is 11.6 Å². The molecule has 1 aliphatic rings. The molecule has 5 heterocycles. The van der Waals surface area contributed by atoms with E-state index >= 15 is 0 Å². The van der Waals surface area contributed by atoms with E-state index in [1.54, 1.807) is 12.3 Å². The molecule has 0 bridgehead atoms. The molecular weight excluding hydrogens is 485 g/mol. The second-order valence-corrected chi connectivity index (χ2v) is 10.2. The third kappa shape index (κ3) is 5.51. The summed E-state index contributed by atoms with van der Waals surface area (Å²) in [5.41, 5.74) is 2.46. The number of amides is 1. The summed E-state index contributed by atoms with van der Waals surface area (Å²) in [6.07, 6.45) is 5.51. The summed E-state index contributed by atoms with van der Waals surface area (Å²) in [5, 5.41) is 17.5. The van der Waals surface area contributed by atoms with Gasteiger partial charge in [0.25, 0.3) is 0 Å². The van der Waals surface area contributed by atoms with E-state index in [0.29, 0.717) is 18.7 Å². The van der Waals surface area contributed by atoms with Crippen LogP contribution >= 0.6 is 0 Å². The van der Waals surface area contributed by atoms with E-state index in [0.717, 1.165) is 53.6 Å². The predicted octanol–water partition coefficient (Wildman–Crippen LogP) is 4.37. The van der Waals surface area contributed by atoms with Crippen LogP contribution in [0.25, 0.3) is 5.82 Å². The quantitative estimate of drug-likeness (QED) is 0.333. The fourth-order valence-electron chi connectivity index (χ4n) is 4.61. The molecule has 1 saturated heterocycles. The van der Waals surface area contributed by atoms with Crippen LogP contribution in [-0.2, 0) is 4.79 Å². The SMILES string of the molecule is Cc1cc(Nc2cc(C)[nH]n2)nc(N2CCC(C)(C(=O)N[C@@H](C)c3ccc(-n4cc(F)cn4)nc3)CC2)c1. The van der Waals surface area contributed by atoms with Gasteiger partial charge in [-0.2, -0.15) is 10.2 Å². The Labute approximate surface area is 220 Å². The first-order chi connectivity index (χ1) is 18.2. The smallest absolute Gasteiger partial charge is 0.226 e. The predicted molar refractivity (Wildman–Crippen MR) is 143 cm³/mol. The van der Waals surface area contributed by atoms with Crippen LogP contribution in [0.5, 0.6) is 0 Å². The molecule has 10 nitrogen and oxygen atoms in total. The zero-order valence-electron chi connectivity index (χ0n) is 22.0. The summed E-state index contributed by atoms with van der Waals surface area (Å²) in [6.45, 7) is 9.42. The summed E-state index contributed by atoms with van der Waals surface area (Å²) >= 11 is 0. The fraction of sp³-hybridized carbons (Fsp3) is 0.370. The van der Waals surface area contributed by atoms with Crippen molar-refractivity contribution in [3.05, 3.63) is 71.6 Å². The summed E-state index contributed by atoms with van der Waals surface area (Å²) in [7, 11) is 0. The van der Waals surface area contributed by atoms with Crippen LogP contribution in [-0.4, -0.2) is 48.9 Å². The lowest BCUT2D eigenvalue weighted by atomic mass is 9.79. The number of hydrogen-bond acceptors (Lipinski definition) is 7. The minimum absolute atomic E-state index is 0.0244.